The average Bonchev–Trinajstić information content (AvgIpc) is 2.74. The summed E-state index contributed by atoms with van der Waals surface area (Å²) in [7, 11) is 0. The molecule has 3 aromatic rings. The largest absolute Gasteiger partial charge is 0.492 e. The van der Waals surface area contributed by atoms with Gasteiger partial charge in [0.25, 0.3) is 11.8 Å². The number of hydrogen-bond donors (Lipinski definition) is 2. The molecular formula is C24H24N2O3. The Morgan fingerprint density at radius 3 is 2.34 bits per heavy atom. The molecule has 2 N–H and O–H groups in total. The van der Waals surface area contributed by atoms with Crippen molar-refractivity contribution in [2.45, 2.75) is 20.4 Å². The van der Waals surface area contributed by atoms with Gasteiger partial charge in [-0.15, -0.1) is 0 Å². The van der Waals surface area contributed by atoms with Crippen LogP contribution in [0.4, 0.5) is 5.69 Å². The Morgan fingerprint density at radius 2 is 1.59 bits per heavy atom. The fraction of sp³-hybridized carbons (Fsp3) is 0.167. The number of rotatable bonds is 7. The third kappa shape index (κ3) is 5.45. The van der Waals surface area contributed by atoms with E-state index in [1.165, 1.54) is 0 Å². The predicted molar refractivity (Wildman–Crippen MR) is 114 cm³/mol. The van der Waals surface area contributed by atoms with E-state index < -0.39 is 0 Å². The fourth-order valence-corrected chi connectivity index (χ4v) is 2.95. The highest BCUT2D eigenvalue weighted by Crippen LogP contribution is 2.24. The number of benzene rings is 3. The van der Waals surface area contributed by atoms with Crippen molar-refractivity contribution in [3.63, 3.8) is 0 Å². The third-order valence-corrected chi connectivity index (χ3v) is 4.36. The summed E-state index contributed by atoms with van der Waals surface area (Å²) in [5.74, 6) is 0.0803. The number of anilines is 1. The Bertz CT molecular complexity index is 1010. The van der Waals surface area contributed by atoms with E-state index in [1.807, 2.05) is 50.2 Å². The molecule has 0 aliphatic carbocycles. The van der Waals surface area contributed by atoms with Gasteiger partial charge in [0.1, 0.15) is 5.75 Å². The van der Waals surface area contributed by atoms with Crippen molar-refractivity contribution in [1.29, 1.82) is 0 Å². The van der Waals surface area contributed by atoms with Crippen molar-refractivity contribution in [2.24, 2.45) is 0 Å². The molecule has 0 radical (unpaired) electrons. The average molecular weight is 388 g/mol. The van der Waals surface area contributed by atoms with Crippen LogP contribution in [0, 0.1) is 6.92 Å². The smallest absolute Gasteiger partial charge is 0.255 e. The molecule has 5 nitrogen and oxygen atoms in total. The number of nitrogens with one attached hydrogen (secondary N) is 2. The molecule has 0 aromatic heterocycles. The van der Waals surface area contributed by atoms with Gasteiger partial charge in [-0.25, -0.2) is 0 Å². The lowest BCUT2D eigenvalue weighted by molar-refractivity contribution is 0.0951. The van der Waals surface area contributed by atoms with Gasteiger partial charge in [0.15, 0.2) is 0 Å². The van der Waals surface area contributed by atoms with Crippen molar-refractivity contribution in [3.8, 4) is 5.75 Å². The van der Waals surface area contributed by atoms with Gasteiger partial charge in [-0.3, -0.25) is 9.59 Å². The summed E-state index contributed by atoms with van der Waals surface area (Å²) in [6.07, 6.45) is 0. The molecule has 148 valence electrons. The molecule has 0 spiro atoms. The zero-order valence-corrected chi connectivity index (χ0v) is 16.6. The maximum absolute atomic E-state index is 12.7. The van der Waals surface area contributed by atoms with Gasteiger partial charge in [0.05, 0.1) is 12.3 Å². The second kappa shape index (κ2) is 9.55. The van der Waals surface area contributed by atoms with E-state index in [9.17, 15) is 9.59 Å². The first-order valence-corrected chi connectivity index (χ1v) is 9.54. The standard InChI is InChI=1S/C24H24N2O3/c1-3-29-22-13-5-4-12-21(22)26-24(28)20-11-7-10-19(15-20)23(27)25-16-18-9-6-8-17(2)14-18/h4-15H,3,16H2,1-2H3,(H,25,27)(H,26,28). The molecule has 0 saturated heterocycles. The van der Waals surface area contributed by atoms with Gasteiger partial charge in [0.2, 0.25) is 0 Å². The lowest BCUT2D eigenvalue weighted by Crippen LogP contribution is -2.23. The van der Waals surface area contributed by atoms with Gasteiger partial charge in [-0.05, 0) is 49.7 Å². The highest BCUT2D eigenvalue weighted by atomic mass is 16.5. The van der Waals surface area contributed by atoms with Crippen LogP contribution in [-0.4, -0.2) is 18.4 Å². The van der Waals surface area contributed by atoms with Gasteiger partial charge in [-0.2, -0.15) is 0 Å². The van der Waals surface area contributed by atoms with Gasteiger partial charge in [0, 0.05) is 17.7 Å². The van der Waals surface area contributed by atoms with Crippen LogP contribution in [0.5, 0.6) is 5.75 Å². The van der Waals surface area contributed by atoms with Gasteiger partial charge >= 0.3 is 0 Å². The number of ether oxygens (including phenoxy) is 1. The van der Waals surface area contributed by atoms with Crippen LogP contribution in [0.15, 0.2) is 72.8 Å². The summed E-state index contributed by atoms with van der Waals surface area (Å²) in [6, 6.07) is 21.9. The zero-order chi connectivity index (χ0) is 20.6. The van der Waals surface area contributed by atoms with E-state index >= 15 is 0 Å². The van der Waals surface area contributed by atoms with E-state index in [1.54, 1.807) is 36.4 Å². The number of hydrogen-bond acceptors (Lipinski definition) is 3. The molecule has 0 aliphatic heterocycles. The van der Waals surface area contributed by atoms with Crippen LogP contribution >= 0.6 is 0 Å². The van der Waals surface area contributed by atoms with Gasteiger partial charge < -0.3 is 15.4 Å². The molecule has 0 atom stereocenters. The first kappa shape index (κ1) is 20.1. The maximum Gasteiger partial charge on any atom is 0.255 e. The lowest BCUT2D eigenvalue weighted by Gasteiger charge is -2.12. The molecule has 0 aliphatic rings. The number of aryl methyl sites for hydroxylation is 1. The number of carbonyl (C=O) groups is 2. The minimum absolute atomic E-state index is 0.226. The highest BCUT2D eigenvalue weighted by molar-refractivity contribution is 6.06. The summed E-state index contributed by atoms with van der Waals surface area (Å²) in [5, 5.41) is 5.74. The Labute approximate surface area is 170 Å². The Morgan fingerprint density at radius 1 is 0.862 bits per heavy atom. The Balaban J connectivity index is 1.68. The number of para-hydroxylation sites is 2. The van der Waals surface area contributed by atoms with E-state index in [0.717, 1.165) is 11.1 Å². The summed E-state index contributed by atoms with van der Waals surface area (Å²) >= 11 is 0. The SMILES string of the molecule is CCOc1ccccc1NC(=O)c1cccc(C(=O)NCc2cccc(C)c2)c1. The van der Waals surface area contributed by atoms with Crippen molar-refractivity contribution in [3.05, 3.63) is 95.1 Å². The zero-order valence-electron chi connectivity index (χ0n) is 16.6. The monoisotopic (exact) mass is 388 g/mol. The van der Waals surface area contributed by atoms with Crippen LogP contribution in [0.3, 0.4) is 0 Å². The van der Waals surface area contributed by atoms with Crippen LogP contribution < -0.4 is 15.4 Å². The molecule has 3 aromatic carbocycles. The number of amides is 2. The van der Waals surface area contributed by atoms with Crippen molar-refractivity contribution >= 4 is 17.5 Å². The second-order valence-electron chi connectivity index (χ2n) is 6.64. The Kier molecular flexibility index (Phi) is 6.63. The van der Waals surface area contributed by atoms with E-state index in [-0.39, 0.29) is 11.8 Å². The normalized spacial score (nSPS) is 10.3. The minimum atomic E-state index is -0.300. The summed E-state index contributed by atoms with van der Waals surface area (Å²) in [4.78, 5) is 25.2. The van der Waals surface area contributed by atoms with Crippen LogP contribution in [-0.2, 0) is 6.54 Å². The molecule has 3 rings (SSSR count). The Hall–Kier alpha value is -3.60. The first-order chi connectivity index (χ1) is 14.1. The summed E-state index contributed by atoms with van der Waals surface area (Å²) in [5.41, 5.74) is 3.60. The van der Waals surface area contributed by atoms with Gasteiger partial charge in [-0.1, -0.05) is 48.0 Å². The molecule has 2 amide bonds. The molecule has 0 fully saturated rings. The summed E-state index contributed by atoms with van der Waals surface area (Å²) in [6.45, 7) is 4.83. The summed E-state index contributed by atoms with van der Waals surface area (Å²) < 4.78 is 5.54. The highest BCUT2D eigenvalue weighted by Gasteiger charge is 2.12. The van der Waals surface area contributed by atoms with Crippen LogP contribution in [0.25, 0.3) is 0 Å². The van der Waals surface area contributed by atoms with Crippen molar-refractivity contribution in [1.82, 2.24) is 5.32 Å². The quantitative estimate of drug-likeness (QED) is 0.623. The fourth-order valence-electron chi connectivity index (χ4n) is 2.95. The number of carbonyl (C=O) groups excluding carboxylic acids is 2. The minimum Gasteiger partial charge on any atom is -0.492 e. The van der Waals surface area contributed by atoms with Crippen molar-refractivity contribution < 1.29 is 14.3 Å². The van der Waals surface area contributed by atoms with E-state index in [2.05, 4.69) is 10.6 Å². The molecule has 0 bridgehead atoms. The van der Waals surface area contributed by atoms with Crippen LogP contribution in [0.2, 0.25) is 0 Å². The molecule has 5 heteroatoms. The van der Waals surface area contributed by atoms with Crippen LogP contribution in [0.1, 0.15) is 38.8 Å². The molecule has 0 saturated carbocycles. The lowest BCUT2D eigenvalue weighted by atomic mass is 10.1. The molecule has 0 unspecified atom stereocenters. The van der Waals surface area contributed by atoms with E-state index in [4.69, 9.17) is 4.74 Å². The van der Waals surface area contributed by atoms with Crippen molar-refractivity contribution in [2.75, 3.05) is 11.9 Å². The first-order valence-electron chi connectivity index (χ1n) is 9.54. The second-order valence-corrected chi connectivity index (χ2v) is 6.64. The third-order valence-electron chi connectivity index (χ3n) is 4.36. The van der Waals surface area contributed by atoms with E-state index in [0.29, 0.717) is 35.7 Å². The molecule has 29 heavy (non-hydrogen) atoms. The molecule has 0 heterocycles. The maximum atomic E-state index is 12.7. The topological polar surface area (TPSA) is 67.4 Å². The predicted octanol–water partition coefficient (Wildman–Crippen LogP) is 4.58. The molecular weight excluding hydrogens is 364 g/mol.